The zero-order valence-corrected chi connectivity index (χ0v) is 11.2. The first-order valence-corrected chi connectivity index (χ1v) is 6.65. The second kappa shape index (κ2) is 5.89. The number of hydrogen-bond donors (Lipinski definition) is 2. The highest BCUT2D eigenvalue weighted by Crippen LogP contribution is 2.17. The number of nitrogens with zero attached hydrogens (tertiary/aromatic N) is 2. The molecule has 0 radical (unpaired) electrons. The van der Waals surface area contributed by atoms with Gasteiger partial charge in [0.15, 0.2) is 5.96 Å². The molecule has 5 nitrogen and oxygen atoms in total. The van der Waals surface area contributed by atoms with E-state index in [1.807, 2.05) is 13.8 Å². The van der Waals surface area contributed by atoms with Crippen molar-refractivity contribution in [3.63, 3.8) is 0 Å². The molecule has 18 heavy (non-hydrogen) atoms. The summed E-state index contributed by atoms with van der Waals surface area (Å²) < 4.78 is 5.10. The van der Waals surface area contributed by atoms with Crippen LogP contribution in [-0.4, -0.2) is 17.2 Å². The van der Waals surface area contributed by atoms with E-state index in [0.717, 1.165) is 17.0 Å². The molecule has 0 saturated heterocycles. The minimum atomic E-state index is 0.493. The maximum atomic E-state index is 5.91. The monoisotopic (exact) mass is 250 g/mol. The zero-order valence-electron chi connectivity index (χ0n) is 11.2. The quantitative estimate of drug-likeness (QED) is 0.635. The van der Waals surface area contributed by atoms with Gasteiger partial charge in [0, 0.05) is 11.6 Å². The molecule has 0 spiro atoms. The SMILES string of the molecule is Cc1noc(C)c1CN=C(N)NC1CCCCC1. The lowest BCUT2D eigenvalue weighted by atomic mass is 9.96. The number of nitrogens with one attached hydrogen (secondary N) is 1. The molecule has 2 rings (SSSR count). The van der Waals surface area contributed by atoms with Crippen molar-refractivity contribution in [1.29, 1.82) is 0 Å². The third-order valence-electron chi connectivity index (χ3n) is 3.55. The number of aryl methyl sites for hydroxylation is 2. The first-order chi connectivity index (χ1) is 8.66. The molecular formula is C13H22N4O. The number of aliphatic imine (C=N–C) groups is 1. The highest BCUT2D eigenvalue weighted by Gasteiger charge is 2.13. The largest absolute Gasteiger partial charge is 0.370 e. The topological polar surface area (TPSA) is 76.4 Å². The fourth-order valence-corrected chi connectivity index (χ4v) is 2.39. The third-order valence-corrected chi connectivity index (χ3v) is 3.55. The van der Waals surface area contributed by atoms with Gasteiger partial charge in [-0.05, 0) is 26.7 Å². The Morgan fingerprint density at radius 2 is 2.11 bits per heavy atom. The highest BCUT2D eigenvalue weighted by atomic mass is 16.5. The molecule has 0 aromatic carbocycles. The second-order valence-electron chi connectivity index (χ2n) is 4.98. The standard InChI is InChI=1S/C13H22N4O/c1-9-12(10(2)18-17-9)8-15-13(14)16-11-6-4-3-5-7-11/h11H,3-8H2,1-2H3,(H3,14,15,16). The summed E-state index contributed by atoms with van der Waals surface area (Å²) in [5, 5.41) is 7.20. The van der Waals surface area contributed by atoms with Gasteiger partial charge < -0.3 is 15.6 Å². The molecular weight excluding hydrogens is 228 g/mol. The van der Waals surface area contributed by atoms with Crippen molar-refractivity contribution in [3.05, 3.63) is 17.0 Å². The van der Waals surface area contributed by atoms with E-state index in [-0.39, 0.29) is 0 Å². The van der Waals surface area contributed by atoms with E-state index in [9.17, 15) is 0 Å². The predicted molar refractivity (Wildman–Crippen MR) is 71.3 cm³/mol. The zero-order chi connectivity index (χ0) is 13.0. The maximum Gasteiger partial charge on any atom is 0.189 e. The van der Waals surface area contributed by atoms with Crippen molar-refractivity contribution in [2.24, 2.45) is 10.7 Å². The van der Waals surface area contributed by atoms with Crippen LogP contribution in [-0.2, 0) is 6.54 Å². The van der Waals surface area contributed by atoms with Crippen LogP contribution >= 0.6 is 0 Å². The molecule has 1 heterocycles. The molecule has 5 heteroatoms. The number of guanidine groups is 1. The first-order valence-electron chi connectivity index (χ1n) is 6.65. The lowest BCUT2D eigenvalue weighted by molar-refractivity contribution is 0.392. The van der Waals surface area contributed by atoms with E-state index in [2.05, 4.69) is 15.5 Å². The summed E-state index contributed by atoms with van der Waals surface area (Å²) in [6.07, 6.45) is 6.31. The van der Waals surface area contributed by atoms with Gasteiger partial charge in [0.1, 0.15) is 5.76 Å². The van der Waals surface area contributed by atoms with Crippen LogP contribution < -0.4 is 11.1 Å². The Hall–Kier alpha value is -1.52. The molecule has 1 fully saturated rings. The molecule has 1 saturated carbocycles. The summed E-state index contributed by atoms with van der Waals surface area (Å²) in [6.45, 7) is 4.36. The van der Waals surface area contributed by atoms with Crippen LogP contribution in [0, 0.1) is 13.8 Å². The Kier molecular flexibility index (Phi) is 4.23. The van der Waals surface area contributed by atoms with Gasteiger partial charge in [0.05, 0.1) is 12.2 Å². The van der Waals surface area contributed by atoms with Crippen molar-refractivity contribution in [2.75, 3.05) is 0 Å². The van der Waals surface area contributed by atoms with Crippen molar-refractivity contribution in [1.82, 2.24) is 10.5 Å². The van der Waals surface area contributed by atoms with E-state index in [4.69, 9.17) is 10.3 Å². The Bertz CT molecular complexity index is 399. The molecule has 0 aliphatic heterocycles. The predicted octanol–water partition coefficient (Wildman–Crippen LogP) is 2.03. The normalized spacial score (nSPS) is 18.0. The van der Waals surface area contributed by atoms with E-state index >= 15 is 0 Å². The molecule has 0 atom stereocenters. The Balaban J connectivity index is 1.88. The average molecular weight is 250 g/mol. The molecule has 0 bridgehead atoms. The summed E-state index contributed by atoms with van der Waals surface area (Å²) in [4.78, 5) is 4.37. The van der Waals surface area contributed by atoms with Crippen LogP contribution in [0.5, 0.6) is 0 Å². The van der Waals surface area contributed by atoms with Crippen LogP contribution in [0.3, 0.4) is 0 Å². The Labute approximate surface area is 108 Å². The van der Waals surface area contributed by atoms with Gasteiger partial charge in [-0.1, -0.05) is 24.4 Å². The minimum Gasteiger partial charge on any atom is -0.370 e. The molecule has 0 unspecified atom stereocenters. The average Bonchev–Trinajstić information content (AvgIpc) is 2.68. The van der Waals surface area contributed by atoms with Crippen LogP contribution in [0.25, 0.3) is 0 Å². The van der Waals surface area contributed by atoms with Gasteiger partial charge in [0.2, 0.25) is 0 Å². The minimum absolute atomic E-state index is 0.493. The lowest BCUT2D eigenvalue weighted by Gasteiger charge is -2.23. The van der Waals surface area contributed by atoms with Gasteiger partial charge in [0.25, 0.3) is 0 Å². The van der Waals surface area contributed by atoms with E-state index < -0.39 is 0 Å². The number of aromatic nitrogens is 1. The molecule has 1 aliphatic carbocycles. The Morgan fingerprint density at radius 1 is 1.39 bits per heavy atom. The smallest absolute Gasteiger partial charge is 0.189 e. The van der Waals surface area contributed by atoms with Crippen LogP contribution in [0.15, 0.2) is 9.52 Å². The molecule has 1 aromatic heterocycles. The van der Waals surface area contributed by atoms with Gasteiger partial charge in [-0.3, -0.25) is 0 Å². The van der Waals surface area contributed by atoms with Crippen LogP contribution in [0.4, 0.5) is 0 Å². The number of hydrogen-bond acceptors (Lipinski definition) is 3. The van der Waals surface area contributed by atoms with E-state index in [1.54, 1.807) is 0 Å². The molecule has 3 N–H and O–H groups in total. The van der Waals surface area contributed by atoms with E-state index in [0.29, 0.717) is 18.5 Å². The van der Waals surface area contributed by atoms with Crippen LogP contribution in [0.1, 0.15) is 49.1 Å². The van der Waals surface area contributed by atoms with Gasteiger partial charge in [-0.2, -0.15) is 0 Å². The molecule has 100 valence electrons. The molecule has 1 aliphatic rings. The fraction of sp³-hybridized carbons (Fsp3) is 0.692. The summed E-state index contributed by atoms with van der Waals surface area (Å²) in [6, 6.07) is 0.493. The summed E-state index contributed by atoms with van der Waals surface area (Å²) in [5.74, 6) is 1.35. The van der Waals surface area contributed by atoms with E-state index in [1.165, 1.54) is 32.1 Å². The summed E-state index contributed by atoms with van der Waals surface area (Å²) in [7, 11) is 0. The summed E-state index contributed by atoms with van der Waals surface area (Å²) >= 11 is 0. The third kappa shape index (κ3) is 3.24. The first kappa shape index (κ1) is 12.9. The summed E-state index contributed by atoms with van der Waals surface area (Å²) in [5.41, 5.74) is 7.83. The molecule has 0 amide bonds. The second-order valence-corrected chi connectivity index (χ2v) is 4.98. The van der Waals surface area contributed by atoms with Crippen molar-refractivity contribution in [3.8, 4) is 0 Å². The number of rotatable bonds is 3. The van der Waals surface area contributed by atoms with Crippen molar-refractivity contribution in [2.45, 2.75) is 58.5 Å². The van der Waals surface area contributed by atoms with Gasteiger partial charge in [-0.25, -0.2) is 4.99 Å². The van der Waals surface area contributed by atoms with Gasteiger partial charge >= 0.3 is 0 Å². The number of nitrogens with two attached hydrogens (primary N) is 1. The maximum absolute atomic E-state index is 5.91. The van der Waals surface area contributed by atoms with Crippen LogP contribution in [0.2, 0.25) is 0 Å². The highest BCUT2D eigenvalue weighted by molar-refractivity contribution is 5.78. The van der Waals surface area contributed by atoms with Crippen molar-refractivity contribution < 1.29 is 4.52 Å². The Morgan fingerprint density at radius 3 is 2.72 bits per heavy atom. The van der Waals surface area contributed by atoms with Gasteiger partial charge in [-0.15, -0.1) is 0 Å². The molecule has 1 aromatic rings. The fourth-order valence-electron chi connectivity index (χ4n) is 2.39. The lowest BCUT2D eigenvalue weighted by Crippen LogP contribution is -2.41. The van der Waals surface area contributed by atoms with Crippen molar-refractivity contribution >= 4 is 5.96 Å².